The number of hydrogen-bond acceptors (Lipinski definition) is 4. The van der Waals surface area contributed by atoms with Gasteiger partial charge in [0.2, 0.25) is 5.88 Å². The van der Waals surface area contributed by atoms with Crippen LogP contribution in [-0.2, 0) is 0 Å². The van der Waals surface area contributed by atoms with Crippen LogP contribution in [0, 0.1) is 0 Å². The Kier molecular flexibility index (Phi) is 4.05. The molecule has 5 nitrogen and oxygen atoms in total. The van der Waals surface area contributed by atoms with Gasteiger partial charge in [0, 0.05) is 12.7 Å². The lowest BCUT2D eigenvalue weighted by atomic mass is 10.2. The van der Waals surface area contributed by atoms with Crippen molar-refractivity contribution in [3.05, 3.63) is 23.9 Å². The fourth-order valence-electron chi connectivity index (χ4n) is 1.06. The SMILES string of the molecule is COc1ncccc1C(=O)NCC(C)O. The van der Waals surface area contributed by atoms with Crippen LogP contribution in [0.15, 0.2) is 18.3 Å². The maximum atomic E-state index is 11.6. The van der Waals surface area contributed by atoms with Crippen LogP contribution >= 0.6 is 0 Å². The Hall–Kier alpha value is -1.62. The van der Waals surface area contributed by atoms with E-state index < -0.39 is 6.10 Å². The lowest BCUT2D eigenvalue weighted by Gasteiger charge is -2.09. The molecule has 0 aliphatic rings. The van der Waals surface area contributed by atoms with E-state index >= 15 is 0 Å². The summed E-state index contributed by atoms with van der Waals surface area (Å²) in [6.45, 7) is 1.80. The summed E-state index contributed by atoms with van der Waals surface area (Å²) >= 11 is 0. The first-order valence-corrected chi connectivity index (χ1v) is 4.60. The number of amides is 1. The predicted octanol–water partition coefficient (Wildman–Crippen LogP) is 0.201. The average Bonchev–Trinajstić information content (AvgIpc) is 2.25. The third-order valence-electron chi connectivity index (χ3n) is 1.77. The highest BCUT2D eigenvalue weighted by Gasteiger charge is 2.12. The molecule has 0 fully saturated rings. The Morgan fingerprint density at radius 2 is 2.47 bits per heavy atom. The number of ether oxygens (including phenoxy) is 1. The van der Waals surface area contributed by atoms with E-state index in [4.69, 9.17) is 9.84 Å². The van der Waals surface area contributed by atoms with Crippen molar-refractivity contribution in [1.82, 2.24) is 10.3 Å². The van der Waals surface area contributed by atoms with Crippen molar-refractivity contribution >= 4 is 5.91 Å². The molecule has 1 aromatic heterocycles. The van der Waals surface area contributed by atoms with Gasteiger partial charge in [-0.3, -0.25) is 4.79 Å². The smallest absolute Gasteiger partial charge is 0.256 e. The Morgan fingerprint density at radius 1 is 1.73 bits per heavy atom. The fourth-order valence-corrected chi connectivity index (χ4v) is 1.06. The van der Waals surface area contributed by atoms with Gasteiger partial charge in [-0.2, -0.15) is 0 Å². The van der Waals surface area contributed by atoms with E-state index in [2.05, 4.69) is 10.3 Å². The van der Waals surface area contributed by atoms with Gasteiger partial charge < -0.3 is 15.2 Å². The van der Waals surface area contributed by atoms with Gasteiger partial charge >= 0.3 is 0 Å². The van der Waals surface area contributed by atoms with Gasteiger partial charge in [-0.05, 0) is 19.1 Å². The molecule has 0 aromatic carbocycles. The molecule has 0 bridgehead atoms. The normalized spacial score (nSPS) is 11.9. The number of nitrogens with one attached hydrogen (secondary N) is 1. The molecule has 0 saturated carbocycles. The van der Waals surface area contributed by atoms with Gasteiger partial charge in [0.15, 0.2) is 0 Å². The van der Waals surface area contributed by atoms with Gasteiger partial charge in [0.25, 0.3) is 5.91 Å². The molecule has 0 aliphatic heterocycles. The van der Waals surface area contributed by atoms with Crippen LogP contribution in [0.3, 0.4) is 0 Å². The van der Waals surface area contributed by atoms with Gasteiger partial charge in [0.1, 0.15) is 5.56 Å². The highest BCUT2D eigenvalue weighted by molar-refractivity contribution is 5.96. The highest BCUT2D eigenvalue weighted by Crippen LogP contribution is 2.12. The van der Waals surface area contributed by atoms with Crippen LogP contribution < -0.4 is 10.1 Å². The minimum atomic E-state index is -0.573. The molecule has 1 rings (SSSR count). The number of hydrogen-bond donors (Lipinski definition) is 2. The minimum Gasteiger partial charge on any atom is -0.480 e. The summed E-state index contributed by atoms with van der Waals surface area (Å²) in [6, 6.07) is 3.27. The van der Waals surface area contributed by atoms with Crippen LogP contribution in [0.4, 0.5) is 0 Å². The fraction of sp³-hybridized carbons (Fsp3) is 0.400. The molecule has 82 valence electrons. The number of rotatable bonds is 4. The van der Waals surface area contributed by atoms with Gasteiger partial charge in [-0.15, -0.1) is 0 Å². The zero-order valence-corrected chi connectivity index (χ0v) is 8.73. The van der Waals surface area contributed by atoms with Crippen molar-refractivity contribution in [2.24, 2.45) is 0 Å². The van der Waals surface area contributed by atoms with Crippen LogP contribution in [-0.4, -0.2) is 35.8 Å². The monoisotopic (exact) mass is 210 g/mol. The lowest BCUT2D eigenvalue weighted by molar-refractivity contribution is 0.0920. The molecule has 1 unspecified atom stereocenters. The number of carbonyl (C=O) groups excluding carboxylic acids is 1. The second-order valence-corrected chi connectivity index (χ2v) is 3.12. The van der Waals surface area contributed by atoms with E-state index in [9.17, 15) is 4.79 Å². The molecule has 1 amide bonds. The molecular formula is C10H14N2O3. The summed E-state index contributed by atoms with van der Waals surface area (Å²) in [5.41, 5.74) is 0.362. The van der Waals surface area contributed by atoms with E-state index in [1.54, 1.807) is 25.3 Å². The molecule has 5 heteroatoms. The van der Waals surface area contributed by atoms with Crippen molar-refractivity contribution in [1.29, 1.82) is 0 Å². The zero-order valence-electron chi connectivity index (χ0n) is 8.73. The van der Waals surface area contributed by atoms with Crippen LogP contribution in [0.25, 0.3) is 0 Å². The molecule has 1 aromatic rings. The standard InChI is InChI=1S/C10H14N2O3/c1-7(13)6-12-9(14)8-4-3-5-11-10(8)15-2/h3-5,7,13H,6H2,1-2H3,(H,12,14). The van der Waals surface area contributed by atoms with Crippen molar-refractivity contribution in [3.8, 4) is 5.88 Å². The molecule has 15 heavy (non-hydrogen) atoms. The van der Waals surface area contributed by atoms with Gasteiger partial charge in [0.05, 0.1) is 13.2 Å². The predicted molar refractivity (Wildman–Crippen MR) is 54.8 cm³/mol. The lowest BCUT2D eigenvalue weighted by Crippen LogP contribution is -2.30. The number of aliphatic hydroxyl groups is 1. The van der Waals surface area contributed by atoms with Gasteiger partial charge in [-0.1, -0.05) is 0 Å². The maximum Gasteiger partial charge on any atom is 0.256 e. The van der Waals surface area contributed by atoms with Crippen molar-refractivity contribution < 1.29 is 14.6 Å². The minimum absolute atomic E-state index is 0.205. The van der Waals surface area contributed by atoms with Crippen LogP contribution in [0.2, 0.25) is 0 Å². The van der Waals surface area contributed by atoms with Crippen molar-refractivity contribution in [2.75, 3.05) is 13.7 Å². The van der Waals surface area contributed by atoms with E-state index in [1.807, 2.05) is 0 Å². The molecule has 0 spiro atoms. The number of pyridine rings is 1. The second kappa shape index (κ2) is 5.31. The third-order valence-corrected chi connectivity index (χ3v) is 1.77. The summed E-state index contributed by atoms with van der Waals surface area (Å²) < 4.78 is 4.94. The average molecular weight is 210 g/mol. The zero-order chi connectivity index (χ0) is 11.3. The van der Waals surface area contributed by atoms with E-state index in [1.165, 1.54) is 7.11 Å². The number of aromatic nitrogens is 1. The Balaban J connectivity index is 2.72. The summed E-state index contributed by atoms with van der Waals surface area (Å²) in [4.78, 5) is 15.5. The molecule has 1 heterocycles. The topological polar surface area (TPSA) is 71.5 Å². The Labute approximate surface area is 88.1 Å². The second-order valence-electron chi connectivity index (χ2n) is 3.12. The maximum absolute atomic E-state index is 11.6. The van der Waals surface area contributed by atoms with E-state index in [0.29, 0.717) is 5.56 Å². The first-order valence-electron chi connectivity index (χ1n) is 4.60. The molecular weight excluding hydrogens is 196 g/mol. The quantitative estimate of drug-likeness (QED) is 0.744. The molecule has 0 radical (unpaired) electrons. The summed E-state index contributed by atoms with van der Waals surface area (Å²) in [5.74, 6) is -0.0264. The van der Waals surface area contributed by atoms with E-state index in [0.717, 1.165) is 0 Å². The third kappa shape index (κ3) is 3.21. The number of aliphatic hydroxyl groups excluding tert-OH is 1. The molecule has 0 saturated heterocycles. The van der Waals surface area contributed by atoms with Gasteiger partial charge in [-0.25, -0.2) is 4.98 Å². The molecule has 1 atom stereocenters. The first-order chi connectivity index (χ1) is 7.15. The largest absolute Gasteiger partial charge is 0.480 e. The number of methoxy groups -OCH3 is 1. The number of nitrogens with zero attached hydrogens (tertiary/aromatic N) is 1. The van der Waals surface area contributed by atoms with E-state index in [-0.39, 0.29) is 18.3 Å². The summed E-state index contributed by atoms with van der Waals surface area (Å²) in [7, 11) is 1.45. The number of carbonyl (C=O) groups is 1. The Bertz CT molecular complexity index is 339. The van der Waals surface area contributed by atoms with Crippen LogP contribution in [0.5, 0.6) is 5.88 Å². The highest BCUT2D eigenvalue weighted by atomic mass is 16.5. The Morgan fingerprint density at radius 3 is 3.07 bits per heavy atom. The first kappa shape index (κ1) is 11.5. The van der Waals surface area contributed by atoms with Crippen molar-refractivity contribution in [3.63, 3.8) is 0 Å². The van der Waals surface area contributed by atoms with Crippen molar-refractivity contribution in [2.45, 2.75) is 13.0 Å². The van der Waals surface area contributed by atoms with Crippen LogP contribution in [0.1, 0.15) is 17.3 Å². The summed E-state index contributed by atoms with van der Waals surface area (Å²) in [5, 5.41) is 11.6. The summed E-state index contributed by atoms with van der Waals surface area (Å²) in [6.07, 6.45) is 0.973. The molecule has 0 aliphatic carbocycles. The molecule has 2 N–H and O–H groups in total.